The molecule has 0 fully saturated rings. The summed E-state index contributed by atoms with van der Waals surface area (Å²) in [6.45, 7) is 4.15. The summed E-state index contributed by atoms with van der Waals surface area (Å²) in [6, 6.07) is 10.9. The Balaban J connectivity index is 2.04. The fourth-order valence-electron chi connectivity index (χ4n) is 2.22. The molecule has 0 aliphatic rings. The van der Waals surface area contributed by atoms with E-state index in [4.69, 9.17) is 9.47 Å². The summed E-state index contributed by atoms with van der Waals surface area (Å²) in [6.07, 6.45) is 1.67. The van der Waals surface area contributed by atoms with Crippen LogP contribution in [0.3, 0.4) is 0 Å². The molecule has 6 heteroatoms. The van der Waals surface area contributed by atoms with Crippen molar-refractivity contribution in [3.8, 4) is 11.5 Å². The lowest BCUT2D eigenvalue weighted by molar-refractivity contribution is -0.118. The van der Waals surface area contributed by atoms with Crippen molar-refractivity contribution in [3.63, 3.8) is 0 Å². The van der Waals surface area contributed by atoms with Crippen LogP contribution in [0.25, 0.3) is 0 Å². The number of carbonyl (C=O) groups excluding carboxylic acids is 2. The summed E-state index contributed by atoms with van der Waals surface area (Å²) in [7, 11) is 0. The van der Waals surface area contributed by atoms with E-state index in [9.17, 15) is 9.59 Å². The van der Waals surface area contributed by atoms with Gasteiger partial charge >= 0.3 is 0 Å². The average Bonchev–Trinajstić information content (AvgIpc) is 2.61. The second-order valence-electron chi connectivity index (χ2n) is 5.27. The number of amides is 1. The van der Waals surface area contributed by atoms with Crippen LogP contribution < -0.4 is 14.8 Å². The molecule has 0 aliphatic heterocycles. The van der Waals surface area contributed by atoms with Gasteiger partial charge in [-0.2, -0.15) is 0 Å². The molecule has 0 aliphatic carbocycles. The topological polar surface area (TPSA) is 64.6 Å². The molecule has 0 atom stereocenters. The van der Waals surface area contributed by atoms with Gasteiger partial charge < -0.3 is 14.8 Å². The van der Waals surface area contributed by atoms with E-state index in [2.05, 4.69) is 28.2 Å². The van der Waals surface area contributed by atoms with Gasteiger partial charge in [0, 0.05) is 11.3 Å². The van der Waals surface area contributed by atoms with Gasteiger partial charge in [0.25, 0.3) is 5.91 Å². The normalized spacial score (nSPS) is 10.2. The van der Waals surface area contributed by atoms with Gasteiger partial charge in [0.05, 0.1) is 11.1 Å². The second-order valence-corrected chi connectivity index (χ2v) is 6.12. The van der Waals surface area contributed by atoms with Crippen molar-refractivity contribution in [2.75, 3.05) is 18.5 Å². The number of aldehydes is 1. The molecule has 0 spiro atoms. The van der Waals surface area contributed by atoms with E-state index in [0.717, 1.165) is 12.7 Å². The number of aryl methyl sites for hydroxylation is 1. The Bertz CT molecular complexity index is 744. The maximum absolute atomic E-state index is 12.1. The van der Waals surface area contributed by atoms with Crippen molar-refractivity contribution >= 4 is 33.8 Å². The molecule has 0 saturated carbocycles. The summed E-state index contributed by atoms with van der Waals surface area (Å²) in [5.74, 6) is 0.529. The van der Waals surface area contributed by atoms with E-state index in [-0.39, 0.29) is 12.5 Å². The quantitative estimate of drug-likeness (QED) is 0.666. The van der Waals surface area contributed by atoms with Crippen LogP contribution in [0.1, 0.15) is 29.8 Å². The first kappa shape index (κ1) is 19.0. The third kappa shape index (κ3) is 5.32. The SMILES string of the molecule is CCOc1cc(C=O)cc(Br)c1OCC(=O)Nc1ccc(CC)cc1. The van der Waals surface area contributed by atoms with Crippen LogP contribution in [0.5, 0.6) is 11.5 Å². The summed E-state index contributed by atoms with van der Waals surface area (Å²) >= 11 is 3.35. The van der Waals surface area contributed by atoms with Gasteiger partial charge in [-0.1, -0.05) is 19.1 Å². The van der Waals surface area contributed by atoms with Crippen LogP contribution in [0.2, 0.25) is 0 Å². The molecule has 0 saturated heterocycles. The first-order valence-corrected chi connectivity index (χ1v) is 8.79. The standard InChI is InChI=1S/C19H20BrNO4/c1-3-13-5-7-15(8-6-13)21-18(23)12-25-19-16(20)9-14(11-22)10-17(19)24-4-2/h5-11H,3-4,12H2,1-2H3,(H,21,23). The van der Waals surface area contributed by atoms with E-state index in [1.807, 2.05) is 31.2 Å². The number of benzene rings is 2. The molecule has 25 heavy (non-hydrogen) atoms. The van der Waals surface area contributed by atoms with Crippen LogP contribution in [0, 0.1) is 0 Å². The highest BCUT2D eigenvalue weighted by Gasteiger charge is 2.14. The lowest BCUT2D eigenvalue weighted by atomic mass is 10.1. The van der Waals surface area contributed by atoms with Gasteiger partial charge in [0.1, 0.15) is 6.29 Å². The van der Waals surface area contributed by atoms with Crippen LogP contribution in [0.4, 0.5) is 5.69 Å². The smallest absolute Gasteiger partial charge is 0.262 e. The summed E-state index contributed by atoms with van der Waals surface area (Å²) in [4.78, 5) is 23.1. The zero-order valence-electron chi connectivity index (χ0n) is 14.2. The Morgan fingerprint density at radius 1 is 1.16 bits per heavy atom. The van der Waals surface area contributed by atoms with E-state index in [1.165, 1.54) is 5.56 Å². The van der Waals surface area contributed by atoms with Crippen molar-refractivity contribution in [1.29, 1.82) is 0 Å². The van der Waals surface area contributed by atoms with Crippen molar-refractivity contribution in [1.82, 2.24) is 0 Å². The minimum atomic E-state index is -0.280. The number of carbonyl (C=O) groups is 2. The van der Waals surface area contributed by atoms with Gasteiger partial charge in [0.15, 0.2) is 18.1 Å². The molecule has 0 aromatic heterocycles. The molecule has 0 heterocycles. The summed E-state index contributed by atoms with van der Waals surface area (Å²) < 4.78 is 11.6. The first-order valence-electron chi connectivity index (χ1n) is 8.00. The van der Waals surface area contributed by atoms with Gasteiger partial charge in [-0.05, 0) is 59.1 Å². The number of halogens is 1. The minimum Gasteiger partial charge on any atom is -0.490 e. The van der Waals surface area contributed by atoms with Gasteiger partial charge in [-0.25, -0.2) is 0 Å². The molecule has 2 rings (SSSR count). The van der Waals surface area contributed by atoms with Gasteiger partial charge in [0.2, 0.25) is 0 Å². The number of hydrogen-bond acceptors (Lipinski definition) is 4. The van der Waals surface area contributed by atoms with E-state index in [1.54, 1.807) is 12.1 Å². The fraction of sp³-hybridized carbons (Fsp3) is 0.263. The van der Waals surface area contributed by atoms with Crippen LogP contribution in [0.15, 0.2) is 40.9 Å². The van der Waals surface area contributed by atoms with E-state index >= 15 is 0 Å². The Labute approximate surface area is 155 Å². The zero-order chi connectivity index (χ0) is 18.2. The maximum atomic E-state index is 12.1. The minimum absolute atomic E-state index is 0.172. The lowest BCUT2D eigenvalue weighted by Gasteiger charge is -2.14. The Hall–Kier alpha value is -2.34. The Morgan fingerprint density at radius 3 is 2.48 bits per heavy atom. The number of rotatable bonds is 8. The molecule has 5 nitrogen and oxygen atoms in total. The number of ether oxygens (including phenoxy) is 2. The molecule has 0 bridgehead atoms. The molecular weight excluding hydrogens is 386 g/mol. The fourth-order valence-corrected chi connectivity index (χ4v) is 2.79. The number of anilines is 1. The average molecular weight is 406 g/mol. The van der Waals surface area contributed by atoms with Crippen LogP contribution in [-0.4, -0.2) is 25.4 Å². The van der Waals surface area contributed by atoms with Crippen molar-refractivity contribution in [2.45, 2.75) is 20.3 Å². The van der Waals surface area contributed by atoms with Gasteiger partial charge in [-0.15, -0.1) is 0 Å². The molecule has 1 amide bonds. The van der Waals surface area contributed by atoms with Crippen molar-refractivity contribution in [2.24, 2.45) is 0 Å². The van der Waals surface area contributed by atoms with Crippen molar-refractivity contribution in [3.05, 3.63) is 52.0 Å². The summed E-state index contributed by atoms with van der Waals surface area (Å²) in [5.41, 5.74) is 2.38. The van der Waals surface area contributed by atoms with Crippen LogP contribution in [-0.2, 0) is 11.2 Å². The lowest BCUT2D eigenvalue weighted by Crippen LogP contribution is -2.20. The number of nitrogens with one attached hydrogen (secondary N) is 1. The molecule has 1 N–H and O–H groups in total. The largest absolute Gasteiger partial charge is 0.490 e. The molecule has 132 valence electrons. The number of hydrogen-bond donors (Lipinski definition) is 1. The molecular formula is C19H20BrNO4. The molecule has 2 aromatic rings. The Morgan fingerprint density at radius 2 is 1.88 bits per heavy atom. The maximum Gasteiger partial charge on any atom is 0.262 e. The third-order valence-electron chi connectivity index (χ3n) is 3.46. The third-order valence-corrected chi connectivity index (χ3v) is 4.05. The predicted octanol–water partition coefficient (Wildman–Crippen LogP) is 4.24. The highest BCUT2D eigenvalue weighted by molar-refractivity contribution is 9.10. The highest BCUT2D eigenvalue weighted by atomic mass is 79.9. The van der Waals surface area contributed by atoms with Crippen LogP contribution >= 0.6 is 15.9 Å². The first-order chi connectivity index (χ1) is 12.1. The second kappa shape index (κ2) is 9.22. The molecule has 0 radical (unpaired) electrons. The molecule has 0 unspecified atom stereocenters. The monoisotopic (exact) mass is 405 g/mol. The summed E-state index contributed by atoms with van der Waals surface area (Å²) in [5, 5.41) is 2.78. The van der Waals surface area contributed by atoms with Gasteiger partial charge in [-0.3, -0.25) is 9.59 Å². The zero-order valence-corrected chi connectivity index (χ0v) is 15.8. The highest BCUT2D eigenvalue weighted by Crippen LogP contribution is 2.36. The molecule has 2 aromatic carbocycles. The van der Waals surface area contributed by atoms with E-state index < -0.39 is 0 Å². The van der Waals surface area contributed by atoms with E-state index in [0.29, 0.717) is 33.8 Å². The Kier molecular flexibility index (Phi) is 7.01. The van der Waals surface area contributed by atoms with Crippen molar-refractivity contribution < 1.29 is 19.1 Å². The predicted molar refractivity (Wildman–Crippen MR) is 101 cm³/mol.